The second-order valence-corrected chi connectivity index (χ2v) is 3.08. The molecule has 0 N–H and O–H groups in total. The predicted octanol–water partition coefficient (Wildman–Crippen LogP) is 3.13. The molecule has 2 nitrogen and oxygen atoms in total. The van der Waals surface area contributed by atoms with Crippen LogP contribution in [0.3, 0.4) is 0 Å². The van der Waals surface area contributed by atoms with Crippen LogP contribution in [0.1, 0.15) is 5.69 Å². The van der Waals surface area contributed by atoms with Gasteiger partial charge in [-0.2, -0.15) is 0 Å². The first kappa shape index (κ1) is 10.7. The zero-order valence-corrected chi connectivity index (χ0v) is 8.65. The molecule has 0 saturated heterocycles. The maximum Gasteiger partial charge on any atom is 0.115 e. The molecule has 1 aromatic carbocycles. The fourth-order valence-electron chi connectivity index (χ4n) is 0.771. The topological polar surface area (TPSA) is 25.8 Å². The van der Waals surface area contributed by atoms with Gasteiger partial charge in [0.1, 0.15) is 6.33 Å². The van der Waals surface area contributed by atoms with E-state index < -0.39 is 0 Å². The number of hydrogen-bond acceptors (Lipinski definition) is 2. The summed E-state index contributed by atoms with van der Waals surface area (Å²) < 4.78 is 0. The summed E-state index contributed by atoms with van der Waals surface area (Å²) in [5.74, 6) is 0. The Balaban J connectivity index is 0.000000140. The molecule has 2 aromatic rings. The molecule has 72 valence electrons. The molecule has 1 heterocycles. The number of benzene rings is 1. The van der Waals surface area contributed by atoms with Crippen LogP contribution in [0.15, 0.2) is 48.9 Å². The van der Waals surface area contributed by atoms with Crippen LogP contribution in [-0.2, 0) is 0 Å². The van der Waals surface area contributed by atoms with Crippen LogP contribution < -0.4 is 0 Å². The van der Waals surface area contributed by atoms with Gasteiger partial charge in [-0.15, -0.1) is 0 Å². The first-order valence-electron chi connectivity index (χ1n) is 4.22. The summed E-state index contributed by atoms with van der Waals surface area (Å²) in [5.41, 5.74) is 1.01. The molecule has 0 radical (unpaired) electrons. The highest BCUT2D eigenvalue weighted by atomic mass is 35.5. The largest absolute Gasteiger partial charge is 0.245 e. The molecular formula is C11H11ClN2. The minimum atomic E-state index is 0.794. The standard InChI is InChI=1S/C6H5Cl.C5H6N2/c7-6-4-2-1-3-5-6;1-5-2-3-6-4-7-5/h1-5H;2-4H,1H3. The number of nitrogens with zero attached hydrogens (tertiary/aromatic N) is 2. The average Bonchev–Trinajstić information content (AvgIpc) is 2.21. The van der Waals surface area contributed by atoms with Crippen LogP contribution in [-0.4, -0.2) is 9.97 Å². The van der Waals surface area contributed by atoms with Crippen molar-refractivity contribution in [3.8, 4) is 0 Å². The molecule has 0 aliphatic heterocycles. The van der Waals surface area contributed by atoms with Crippen molar-refractivity contribution in [2.24, 2.45) is 0 Å². The van der Waals surface area contributed by atoms with E-state index in [1.54, 1.807) is 6.20 Å². The maximum atomic E-state index is 5.54. The molecule has 0 saturated carbocycles. The molecule has 3 heteroatoms. The summed E-state index contributed by atoms with van der Waals surface area (Å²) in [6.45, 7) is 1.93. The van der Waals surface area contributed by atoms with Gasteiger partial charge in [0.2, 0.25) is 0 Å². The van der Waals surface area contributed by atoms with Crippen molar-refractivity contribution in [1.29, 1.82) is 0 Å². The van der Waals surface area contributed by atoms with Crippen LogP contribution in [0.5, 0.6) is 0 Å². The second kappa shape index (κ2) is 6.11. The quantitative estimate of drug-likeness (QED) is 0.662. The van der Waals surface area contributed by atoms with Crippen LogP contribution in [0.25, 0.3) is 0 Å². The van der Waals surface area contributed by atoms with Crippen LogP contribution in [0.2, 0.25) is 5.02 Å². The number of aryl methyl sites for hydroxylation is 1. The van der Waals surface area contributed by atoms with E-state index >= 15 is 0 Å². The molecule has 0 amide bonds. The van der Waals surface area contributed by atoms with E-state index in [0.717, 1.165) is 10.7 Å². The first-order chi connectivity index (χ1) is 6.79. The zero-order valence-electron chi connectivity index (χ0n) is 7.89. The van der Waals surface area contributed by atoms with Gasteiger partial charge in [0.15, 0.2) is 0 Å². The Morgan fingerprint density at radius 2 is 1.79 bits per heavy atom. The Bertz CT molecular complexity index is 311. The van der Waals surface area contributed by atoms with E-state index in [1.807, 2.05) is 43.3 Å². The third kappa shape index (κ3) is 4.58. The van der Waals surface area contributed by atoms with Gasteiger partial charge in [-0.1, -0.05) is 29.8 Å². The first-order valence-corrected chi connectivity index (χ1v) is 4.60. The highest BCUT2D eigenvalue weighted by molar-refractivity contribution is 6.30. The molecule has 14 heavy (non-hydrogen) atoms. The normalized spacial score (nSPS) is 8.71. The van der Waals surface area contributed by atoms with Crippen molar-refractivity contribution in [1.82, 2.24) is 9.97 Å². The summed E-state index contributed by atoms with van der Waals surface area (Å²) in [7, 11) is 0. The maximum absolute atomic E-state index is 5.54. The lowest BCUT2D eigenvalue weighted by molar-refractivity contribution is 1.10. The highest BCUT2D eigenvalue weighted by Crippen LogP contribution is 2.03. The van der Waals surface area contributed by atoms with Crippen molar-refractivity contribution in [2.45, 2.75) is 6.92 Å². The van der Waals surface area contributed by atoms with Gasteiger partial charge in [0, 0.05) is 16.9 Å². The second-order valence-electron chi connectivity index (χ2n) is 2.65. The minimum absolute atomic E-state index is 0.794. The van der Waals surface area contributed by atoms with Gasteiger partial charge in [-0.3, -0.25) is 0 Å². The summed E-state index contributed by atoms with van der Waals surface area (Å²) in [5, 5.41) is 0.794. The van der Waals surface area contributed by atoms with Crippen LogP contribution in [0, 0.1) is 6.92 Å². The van der Waals surface area contributed by atoms with Gasteiger partial charge in [-0.25, -0.2) is 9.97 Å². The Kier molecular flexibility index (Phi) is 4.65. The Hall–Kier alpha value is -1.41. The highest BCUT2D eigenvalue weighted by Gasteiger charge is 1.75. The fourth-order valence-corrected chi connectivity index (χ4v) is 0.917. The van der Waals surface area contributed by atoms with Gasteiger partial charge in [-0.05, 0) is 25.1 Å². The third-order valence-electron chi connectivity index (χ3n) is 1.46. The van der Waals surface area contributed by atoms with Crippen molar-refractivity contribution in [3.63, 3.8) is 0 Å². The number of aromatic nitrogens is 2. The van der Waals surface area contributed by atoms with E-state index in [9.17, 15) is 0 Å². The Labute approximate surface area is 88.6 Å². The van der Waals surface area contributed by atoms with Gasteiger partial charge in [0.25, 0.3) is 0 Å². The van der Waals surface area contributed by atoms with Crippen molar-refractivity contribution in [2.75, 3.05) is 0 Å². The van der Waals surface area contributed by atoms with Crippen molar-refractivity contribution in [3.05, 3.63) is 59.6 Å². The number of rotatable bonds is 0. The summed E-state index contributed by atoms with van der Waals surface area (Å²) in [6, 6.07) is 11.3. The Morgan fingerprint density at radius 1 is 1.07 bits per heavy atom. The van der Waals surface area contributed by atoms with Crippen LogP contribution in [0.4, 0.5) is 0 Å². The molecule has 1 aromatic heterocycles. The molecule has 0 unspecified atom stereocenters. The predicted molar refractivity (Wildman–Crippen MR) is 58.2 cm³/mol. The van der Waals surface area contributed by atoms with E-state index in [4.69, 9.17) is 11.6 Å². The van der Waals surface area contributed by atoms with Crippen molar-refractivity contribution < 1.29 is 0 Å². The Morgan fingerprint density at radius 3 is 2.07 bits per heavy atom. The third-order valence-corrected chi connectivity index (χ3v) is 1.71. The molecule has 0 aliphatic carbocycles. The van der Waals surface area contributed by atoms with Crippen LogP contribution >= 0.6 is 11.6 Å². The molecule has 0 fully saturated rings. The van der Waals surface area contributed by atoms with Gasteiger partial charge in [0.05, 0.1) is 0 Å². The molecule has 0 spiro atoms. The van der Waals surface area contributed by atoms with E-state index in [0.29, 0.717) is 0 Å². The van der Waals surface area contributed by atoms with E-state index in [2.05, 4.69) is 9.97 Å². The lowest BCUT2D eigenvalue weighted by atomic mass is 10.4. The molecule has 0 atom stereocenters. The summed E-state index contributed by atoms with van der Waals surface area (Å²) in [6.07, 6.45) is 3.26. The monoisotopic (exact) mass is 206 g/mol. The van der Waals surface area contributed by atoms with Gasteiger partial charge < -0.3 is 0 Å². The molecule has 2 rings (SSSR count). The molecule has 0 bridgehead atoms. The number of hydrogen-bond donors (Lipinski definition) is 0. The molecular weight excluding hydrogens is 196 g/mol. The lowest BCUT2D eigenvalue weighted by Gasteiger charge is -1.81. The minimum Gasteiger partial charge on any atom is -0.245 e. The van der Waals surface area contributed by atoms with E-state index in [-0.39, 0.29) is 0 Å². The fraction of sp³-hybridized carbons (Fsp3) is 0.0909. The van der Waals surface area contributed by atoms with E-state index in [1.165, 1.54) is 6.33 Å². The average molecular weight is 207 g/mol. The SMILES string of the molecule is Cc1ccncn1.Clc1ccccc1. The summed E-state index contributed by atoms with van der Waals surface area (Å²) >= 11 is 5.54. The molecule has 0 aliphatic rings. The van der Waals surface area contributed by atoms with Gasteiger partial charge >= 0.3 is 0 Å². The number of halogens is 1. The summed E-state index contributed by atoms with van der Waals surface area (Å²) in [4.78, 5) is 7.60. The zero-order chi connectivity index (χ0) is 10.2. The van der Waals surface area contributed by atoms with Crippen molar-refractivity contribution >= 4 is 11.6 Å². The smallest absolute Gasteiger partial charge is 0.115 e. The lowest BCUT2D eigenvalue weighted by Crippen LogP contribution is -1.77.